The number of anilines is 1. The Kier molecular flexibility index (Phi) is 7.00. The SMILES string of the molecule is CC1(C)CC(NC(=O)c2ccc(Oc3cccc(NCC(N)=O)c3)c(Cl)c2)CC(C)(C)N1. The first kappa shape index (κ1) is 23.9. The van der Waals surface area contributed by atoms with Gasteiger partial charge in [-0.2, -0.15) is 0 Å². The van der Waals surface area contributed by atoms with Crippen molar-refractivity contribution in [3.63, 3.8) is 0 Å². The van der Waals surface area contributed by atoms with Crippen molar-refractivity contribution < 1.29 is 14.3 Å². The molecule has 2 amide bonds. The molecule has 1 saturated heterocycles. The van der Waals surface area contributed by atoms with Crippen LogP contribution in [0.5, 0.6) is 11.5 Å². The number of nitrogens with two attached hydrogens (primary N) is 1. The number of primary amides is 1. The van der Waals surface area contributed by atoms with Crippen LogP contribution in [-0.2, 0) is 4.79 Å². The van der Waals surface area contributed by atoms with Gasteiger partial charge in [0.15, 0.2) is 0 Å². The van der Waals surface area contributed by atoms with Crippen LogP contribution in [-0.4, -0.2) is 35.5 Å². The maximum absolute atomic E-state index is 12.9. The van der Waals surface area contributed by atoms with Gasteiger partial charge in [0.05, 0.1) is 11.6 Å². The van der Waals surface area contributed by atoms with E-state index in [4.69, 9.17) is 22.1 Å². The Balaban J connectivity index is 1.67. The van der Waals surface area contributed by atoms with Crippen LogP contribution in [0.1, 0.15) is 50.9 Å². The average Bonchev–Trinajstić information content (AvgIpc) is 2.65. The fraction of sp³-hybridized carbons (Fsp3) is 0.417. The fourth-order valence-electron chi connectivity index (χ4n) is 4.40. The van der Waals surface area contributed by atoms with E-state index in [1.165, 1.54) is 0 Å². The molecule has 0 radical (unpaired) electrons. The average molecular weight is 459 g/mol. The molecule has 1 fully saturated rings. The van der Waals surface area contributed by atoms with Crippen molar-refractivity contribution >= 4 is 29.1 Å². The minimum atomic E-state index is -0.454. The standard InChI is InChI=1S/C24H31ClN4O3/c1-23(2)12-17(13-24(3,4)29-23)28-22(31)15-8-9-20(19(25)10-15)32-18-7-5-6-16(11-18)27-14-21(26)30/h5-11,17,27,29H,12-14H2,1-4H3,(H2,26,30)(H,28,31). The van der Waals surface area contributed by atoms with Crippen molar-refractivity contribution in [2.75, 3.05) is 11.9 Å². The van der Waals surface area contributed by atoms with Crippen LogP contribution in [0.15, 0.2) is 42.5 Å². The van der Waals surface area contributed by atoms with E-state index in [0.29, 0.717) is 27.8 Å². The zero-order valence-corrected chi connectivity index (χ0v) is 19.7. The molecule has 0 aliphatic carbocycles. The lowest BCUT2D eigenvalue weighted by atomic mass is 9.79. The number of halogens is 1. The number of nitrogens with one attached hydrogen (secondary N) is 3. The summed E-state index contributed by atoms with van der Waals surface area (Å²) in [6.45, 7) is 8.62. The number of amides is 2. The maximum Gasteiger partial charge on any atom is 0.251 e. The van der Waals surface area contributed by atoms with Crippen molar-refractivity contribution in [2.24, 2.45) is 5.73 Å². The zero-order valence-electron chi connectivity index (χ0n) is 18.9. The molecule has 5 N–H and O–H groups in total. The summed E-state index contributed by atoms with van der Waals surface area (Å²) in [5.41, 5.74) is 6.22. The summed E-state index contributed by atoms with van der Waals surface area (Å²) >= 11 is 6.41. The van der Waals surface area contributed by atoms with E-state index in [1.54, 1.807) is 42.5 Å². The maximum atomic E-state index is 12.9. The predicted molar refractivity (Wildman–Crippen MR) is 127 cm³/mol. The molecular formula is C24H31ClN4O3. The van der Waals surface area contributed by atoms with Gasteiger partial charge in [0.25, 0.3) is 5.91 Å². The normalized spacial score (nSPS) is 17.4. The molecule has 0 aromatic heterocycles. The second-order valence-electron chi connectivity index (χ2n) is 9.57. The lowest BCUT2D eigenvalue weighted by Crippen LogP contribution is -2.62. The van der Waals surface area contributed by atoms with Crippen LogP contribution in [0.3, 0.4) is 0 Å². The van der Waals surface area contributed by atoms with E-state index in [9.17, 15) is 9.59 Å². The number of hydrogen-bond donors (Lipinski definition) is 4. The molecule has 0 spiro atoms. The summed E-state index contributed by atoms with van der Waals surface area (Å²) in [6.07, 6.45) is 1.69. The second-order valence-corrected chi connectivity index (χ2v) is 9.97. The van der Waals surface area contributed by atoms with Crippen LogP contribution in [0.2, 0.25) is 5.02 Å². The highest BCUT2D eigenvalue weighted by molar-refractivity contribution is 6.32. The van der Waals surface area contributed by atoms with Crippen molar-refractivity contribution in [3.05, 3.63) is 53.1 Å². The highest BCUT2D eigenvalue weighted by Gasteiger charge is 2.38. The molecule has 1 aliphatic rings. The first-order chi connectivity index (χ1) is 14.9. The van der Waals surface area contributed by atoms with Gasteiger partial charge >= 0.3 is 0 Å². The smallest absolute Gasteiger partial charge is 0.251 e. The summed E-state index contributed by atoms with van der Waals surface area (Å²) < 4.78 is 5.87. The molecule has 1 heterocycles. The Bertz CT molecular complexity index is 990. The summed E-state index contributed by atoms with van der Waals surface area (Å²) in [7, 11) is 0. The van der Waals surface area contributed by atoms with Crippen molar-refractivity contribution in [3.8, 4) is 11.5 Å². The molecule has 7 nitrogen and oxygen atoms in total. The first-order valence-electron chi connectivity index (χ1n) is 10.6. The van der Waals surface area contributed by atoms with E-state index in [0.717, 1.165) is 12.8 Å². The van der Waals surface area contributed by atoms with E-state index >= 15 is 0 Å². The van der Waals surface area contributed by atoms with Crippen LogP contribution in [0.4, 0.5) is 5.69 Å². The second kappa shape index (κ2) is 9.38. The van der Waals surface area contributed by atoms with Crippen LogP contribution in [0, 0.1) is 0 Å². The van der Waals surface area contributed by atoms with Crippen molar-refractivity contribution in [1.82, 2.24) is 10.6 Å². The number of piperidine rings is 1. The monoisotopic (exact) mass is 458 g/mol. The lowest BCUT2D eigenvalue weighted by molar-refractivity contribution is -0.116. The van der Waals surface area contributed by atoms with E-state index in [2.05, 4.69) is 43.6 Å². The zero-order chi connectivity index (χ0) is 23.5. The Morgan fingerprint density at radius 2 is 1.81 bits per heavy atom. The van der Waals surface area contributed by atoms with Crippen LogP contribution >= 0.6 is 11.6 Å². The minimum Gasteiger partial charge on any atom is -0.456 e. The van der Waals surface area contributed by atoms with E-state index < -0.39 is 5.91 Å². The Morgan fingerprint density at radius 3 is 2.44 bits per heavy atom. The van der Waals surface area contributed by atoms with Crippen LogP contribution in [0.25, 0.3) is 0 Å². The third-order valence-corrected chi connectivity index (χ3v) is 5.54. The van der Waals surface area contributed by atoms with Crippen molar-refractivity contribution in [2.45, 2.75) is 57.7 Å². The van der Waals surface area contributed by atoms with Gasteiger partial charge in [-0.05, 0) is 70.9 Å². The highest BCUT2D eigenvalue weighted by atomic mass is 35.5. The molecule has 32 heavy (non-hydrogen) atoms. The summed E-state index contributed by atoms with van der Waals surface area (Å²) in [5, 5.41) is 10.0. The molecule has 0 bridgehead atoms. The molecule has 0 unspecified atom stereocenters. The minimum absolute atomic E-state index is 0.0272. The van der Waals surface area contributed by atoms with Gasteiger partial charge in [-0.25, -0.2) is 0 Å². The fourth-order valence-corrected chi connectivity index (χ4v) is 4.62. The van der Waals surface area contributed by atoms with Gasteiger partial charge in [0.2, 0.25) is 5.91 Å². The number of ether oxygens (including phenoxy) is 1. The topological polar surface area (TPSA) is 105 Å². The van der Waals surface area contributed by atoms with Gasteiger partial charge < -0.3 is 26.4 Å². The summed E-state index contributed by atoms with van der Waals surface area (Å²) in [5.74, 6) is 0.358. The number of carbonyl (C=O) groups is 2. The Hall–Kier alpha value is -2.77. The van der Waals surface area contributed by atoms with E-state index in [-0.39, 0.29) is 29.6 Å². The molecule has 0 saturated carbocycles. The van der Waals surface area contributed by atoms with Crippen molar-refractivity contribution in [1.29, 1.82) is 0 Å². The number of benzene rings is 2. The third-order valence-electron chi connectivity index (χ3n) is 5.25. The molecular weight excluding hydrogens is 428 g/mol. The molecule has 8 heteroatoms. The first-order valence-corrected chi connectivity index (χ1v) is 11.0. The van der Waals surface area contributed by atoms with Gasteiger partial charge in [-0.15, -0.1) is 0 Å². The lowest BCUT2D eigenvalue weighted by Gasteiger charge is -2.46. The van der Waals surface area contributed by atoms with E-state index in [1.807, 2.05) is 0 Å². The van der Waals surface area contributed by atoms with Gasteiger partial charge in [-0.1, -0.05) is 17.7 Å². The Morgan fingerprint density at radius 1 is 1.12 bits per heavy atom. The van der Waals surface area contributed by atoms with Gasteiger partial charge in [0, 0.05) is 34.4 Å². The largest absolute Gasteiger partial charge is 0.456 e. The molecule has 2 aromatic carbocycles. The van der Waals surface area contributed by atoms with Crippen LogP contribution < -0.4 is 26.4 Å². The third kappa shape index (κ3) is 6.61. The molecule has 2 aromatic rings. The predicted octanol–water partition coefficient (Wildman–Crippen LogP) is 4.07. The number of carbonyl (C=O) groups excluding carboxylic acids is 2. The number of rotatable bonds is 7. The highest BCUT2D eigenvalue weighted by Crippen LogP contribution is 2.32. The summed E-state index contributed by atoms with van der Waals surface area (Å²) in [6, 6.07) is 12.1. The molecule has 0 atom stereocenters. The molecule has 172 valence electrons. The number of hydrogen-bond acceptors (Lipinski definition) is 5. The molecule has 1 aliphatic heterocycles. The molecule has 3 rings (SSSR count). The Labute approximate surface area is 194 Å². The van der Waals surface area contributed by atoms with Gasteiger partial charge in [-0.3, -0.25) is 9.59 Å². The quantitative estimate of drug-likeness (QED) is 0.500. The van der Waals surface area contributed by atoms with Gasteiger partial charge in [0.1, 0.15) is 11.5 Å². The summed E-state index contributed by atoms with van der Waals surface area (Å²) in [4.78, 5) is 23.8.